The first-order chi connectivity index (χ1) is 14.9. The first kappa shape index (κ1) is 28.2. The van der Waals surface area contributed by atoms with Crippen molar-refractivity contribution in [2.75, 3.05) is 19.6 Å². The molecule has 0 unspecified atom stereocenters. The van der Waals surface area contributed by atoms with Crippen LogP contribution >= 0.6 is 0 Å². The molecular formula is C21H41N5O4Si2. The number of nitrogens with one attached hydrogen (secondary N) is 3. The number of hydrogen-bond donors (Lipinski definition) is 4. The van der Waals surface area contributed by atoms with Gasteiger partial charge in [-0.05, 0) is 71.0 Å². The normalized spacial score (nSPS) is 11.9. The third kappa shape index (κ3) is 12.9. The van der Waals surface area contributed by atoms with Crippen molar-refractivity contribution < 1.29 is 13.7 Å². The van der Waals surface area contributed by atoms with Crippen molar-refractivity contribution in [1.82, 2.24) is 20.6 Å². The van der Waals surface area contributed by atoms with E-state index >= 15 is 0 Å². The summed E-state index contributed by atoms with van der Waals surface area (Å²) in [6, 6.07) is 3.25. The maximum Gasteiger partial charge on any atom is 0.314 e. The minimum atomic E-state index is -1.76. The van der Waals surface area contributed by atoms with Gasteiger partial charge in [0, 0.05) is 31.3 Å². The summed E-state index contributed by atoms with van der Waals surface area (Å²) in [4.78, 5) is 42.1. The lowest BCUT2D eigenvalue weighted by Gasteiger charge is -2.34. The number of carbonyl (C=O) groups excluding carboxylic acids is 2. The highest BCUT2D eigenvalue weighted by molar-refractivity contribution is 6.84. The first-order valence-corrected chi connectivity index (χ1v) is 17.7. The summed E-state index contributed by atoms with van der Waals surface area (Å²) in [5.74, 6) is 0.359. The summed E-state index contributed by atoms with van der Waals surface area (Å²) in [6.45, 7) is 12.4. The Labute approximate surface area is 193 Å². The molecule has 0 saturated heterocycles. The Morgan fingerprint density at radius 2 is 1.66 bits per heavy atom. The van der Waals surface area contributed by atoms with Crippen LogP contribution in [0.2, 0.25) is 38.3 Å². The fourth-order valence-corrected chi connectivity index (χ4v) is 12.5. The van der Waals surface area contributed by atoms with Gasteiger partial charge in [-0.25, -0.2) is 9.78 Å². The second-order valence-electron chi connectivity index (χ2n) is 9.45. The van der Waals surface area contributed by atoms with Gasteiger partial charge in [0.15, 0.2) is 16.6 Å². The molecule has 1 aromatic heterocycles. The van der Waals surface area contributed by atoms with E-state index in [-0.39, 0.29) is 23.8 Å². The lowest BCUT2D eigenvalue weighted by atomic mass is 10.1. The number of ketones is 1. The molecule has 0 aromatic carbocycles. The highest BCUT2D eigenvalue weighted by atomic mass is 28.4. The van der Waals surface area contributed by atoms with Gasteiger partial charge in [-0.1, -0.05) is 0 Å². The lowest BCUT2D eigenvalue weighted by Crippen LogP contribution is -2.45. The van der Waals surface area contributed by atoms with E-state index in [2.05, 4.69) is 46.8 Å². The second kappa shape index (κ2) is 13.7. The zero-order valence-corrected chi connectivity index (χ0v) is 22.3. The van der Waals surface area contributed by atoms with Gasteiger partial charge >= 0.3 is 6.03 Å². The fourth-order valence-electron chi connectivity index (χ4n) is 3.64. The zero-order chi connectivity index (χ0) is 24.2. The predicted octanol–water partition coefficient (Wildman–Crippen LogP) is 2.44. The molecule has 0 aliphatic rings. The van der Waals surface area contributed by atoms with Gasteiger partial charge in [0.25, 0.3) is 5.56 Å². The highest BCUT2D eigenvalue weighted by Crippen LogP contribution is 2.23. The molecule has 32 heavy (non-hydrogen) atoms. The van der Waals surface area contributed by atoms with Gasteiger partial charge in [-0.3, -0.25) is 9.59 Å². The van der Waals surface area contributed by atoms with Gasteiger partial charge in [-0.15, -0.1) is 0 Å². The number of aryl methyl sites for hydroxylation is 1. The molecule has 2 amide bonds. The molecule has 9 nitrogen and oxygen atoms in total. The summed E-state index contributed by atoms with van der Waals surface area (Å²) < 4.78 is 6.53. The number of aromatic nitrogens is 2. The zero-order valence-electron chi connectivity index (χ0n) is 20.3. The van der Waals surface area contributed by atoms with Gasteiger partial charge in [0.1, 0.15) is 11.6 Å². The second-order valence-corrected chi connectivity index (χ2v) is 18.3. The molecule has 0 atom stereocenters. The molecule has 0 fully saturated rings. The Hall–Kier alpha value is -1.83. The Morgan fingerprint density at radius 3 is 2.25 bits per heavy atom. The summed E-state index contributed by atoms with van der Waals surface area (Å²) >= 11 is 0. The Balaban J connectivity index is 2.18. The SMILES string of the molecule is Cc1cc(=O)[nH]c(CC(=O)CCCNC(=O)NCCC[Si](C)(C)O[Si](C)(C)CCCN)n1. The largest absolute Gasteiger partial charge is 0.455 e. The number of nitrogens with two attached hydrogens (primary N) is 1. The van der Waals surface area contributed by atoms with Crippen LogP contribution in [0, 0.1) is 6.92 Å². The summed E-state index contributed by atoms with van der Waals surface area (Å²) in [6.07, 6.45) is 2.85. The quantitative estimate of drug-likeness (QED) is 0.223. The molecule has 0 aliphatic carbocycles. The Morgan fingerprint density at radius 1 is 1.06 bits per heavy atom. The van der Waals surface area contributed by atoms with Crippen molar-refractivity contribution in [1.29, 1.82) is 0 Å². The van der Waals surface area contributed by atoms with Crippen molar-refractivity contribution in [3.05, 3.63) is 27.9 Å². The average molecular weight is 484 g/mol. The van der Waals surface area contributed by atoms with Gasteiger partial charge < -0.3 is 25.5 Å². The molecule has 0 aliphatic heterocycles. The first-order valence-electron chi connectivity index (χ1n) is 11.4. The van der Waals surface area contributed by atoms with E-state index in [1.165, 1.54) is 6.07 Å². The third-order valence-corrected chi connectivity index (χ3v) is 12.5. The van der Waals surface area contributed by atoms with E-state index in [0.29, 0.717) is 44.0 Å². The van der Waals surface area contributed by atoms with Gasteiger partial charge in [-0.2, -0.15) is 0 Å². The topological polar surface area (TPSA) is 139 Å². The molecule has 182 valence electrons. The van der Waals surface area contributed by atoms with Gasteiger partial charge in [0.2, 0.25) is 0 Å². The lowest BCUT2D eigenvalue weighted by molar-refractivity contribution is -0.118. The van der Waals surface area contributed by atoms with Gasteiger partial charge in [0.05, 0.1) is 6.42 Å². The van der Waals surface area contributed by atoms with Crippen molar-refractivity contribution in [3.63, 3.8) is 0 Å². The monoisotopic (exact) mass is 483 g/mol. The number of H-pyrrole nitrogens is 1. The molecule has 0 bridgehead atoms. The third-order valence-electron chi connectivity index (χ3n) is 4.98. The average Bonchev–Trinajstić information content (AvgIpc) is 2.65. The van der Waals surface area contributed by atoms with Crippen LogP contribution in [0.1, 0.15) is 37.2 Å². The molecule has 5 N–H and O–H groups in total. The number of nitrogens with zero attached hydrogens (tertiary/aromatic N) is 1. The van der Waals surface area contributed by atoms with E-state index < -0.39 is 16.6 Å². The molecule has 0 spiro atoms. The minimum absolute atomic E-state index is 0.0221. The smallest absolute Gasteiger partial charge is 0.314 e. The van der Waals surface area contributed by atoms with Crippen LogP contribution < -0.4 is 21.9 Å². The number of carbonyl (C=O) groups is 2. The standard InChI is InChI=1S/C21H41N5O4Si2/c1-17-15-20(28)26-19(25-17)16-18(27)9-6-11-23-21(29)24-12-8-14-32(4,5)30-31(2,3)13-7-10-22/h15H,6-14,16,22H2,1-5H3,(H2,23,24,29)(H,25,26,28). The number of hydrogen-bond acceptors (Lipinski definition) is 6. The van der Waals surface area contributed by atoms with Crippen molar-refractivity contribution in [2.45, 2.75) is 77.3 Å². The molecule has 1 aromatic rings. The van der Waals surface area contributed by atoms with E-state index in [4.69, 9.17) is 9.85 Å². The van der Waals surface area contributed by atoms with Crippen LogP contribution in [0.15, 0.2) is 10.9 Å². The summed E-state index contributed by atoms with van der Waals surface area (Å²) in [5, 5.41) is 5.65. The van der Waals surface area contributed by atoms with Crippen LogP contribution in [0.3, 0.4) is 0 Å². The van der Waals surface area contributed by atoms with Crippen molar-refractivity contribution in [2.24, 2.45) is 5.73 Å². The number of Topliss-reactive ketones (excluding diaryl/α,β-unsaturated/α-hetero) is 1. The molecule has 1 heterocycles. The number of urea groups is 1. The maximum absolute atomic E-state index is 12.0. The molecule has 0 radical (unpaired) electrons. The number of amides is 2. The van der Waals surface area contributed by atoms with Crippen LogP contribution in [-0.4, -0.2) is 58.1 Å². The fraction of sp³-hybridized carbons (Fsp3) is 0.714. The van der Waals surface area contributed by atoms with Crippen LogP contribution in [0.25, 0.3) is 0 Å². The minimum Gasteiger partial charge on any atom is -0.455 e. The predicted molar refractivity (Wildman–Crippen MR) is 133 cm³/mol. The van der Waals surface area contributed by atoms with Crippen LogP contribution in [0.5, 0.6) is 0 Å². The van der Waals surface area contributed by atoms with Crippen molar-refractivity contribution in [3.8, 4) is 0 Å². The van der Waals surface area contributed by atoms with E-state index in [1.807, 2.05) is 0 Å². The van der Waals surface area contributed by atoms with Crippen LogP contribution in [-0.2, 0) is 15.3 Å². The van der Waals surface area contributed by atoms with E-state index in [0.717, 1.165) is 24.9 Å². The molecule has 0 saturated carbocycles. The van der Waals surface area contributed by atoms with Crippen molar-refractivity contribution >= 4 is 28.4 Å². The summed E-state index contributed by atoms with van der Waals surface area (Å²) in [5.41, 5.74) is 5.96. The molecule has 11 heteroatoms. The Bertz CT molecular complexity index is 799. The maximum atomic E-state index is 12.0. The highest BCUT2D eigenvalue weighted by Gasteiger charge is 2.32. The molecular weight excluding hydrogens is 442 g/mol. The van der Waals surface area contributed by atoms with E-state index in [9.17, 15) is 14.4 Å². The number of rotatable bonds is 15. The van der Waals surface area contributed by atoms with Crippen LogP contribution in [0.4, 0.5) is 4.79 Å². The molecule has 1 rings (SSSR count). The Kier molecular flexibility index (Phi) is 12.0. The number of aromatic amines is 1. The van der Waals surface area contributed by atoms with E-state index in [1.54, 1.807) is 6.92 Å². The summed E-state index contributed by atoms with van der Waals surface area (Å²) in [7, 11) is -3.43.